The van der Waals surface area contributed by atoms with Crippen molar-refractivity contribution in [2.45, 2.75) is 36.6 Å². The third-order valence-electron chi connectivity index (χ3n) is 6.53. The lowest BCUT2D eigenvalue weighted by atomic mass is 10.2. The summed E-state index contributed by atoms with van der Waals surface area (Å²) in [6, 6.07) is 4.71. The summed E-state index contributed by atoms with van der Waals surface area (Å²) in [5.74, 6) is 1.98. The summed E-state index contributed by atoms with van der Waals surface area (Å²) in [7, 11) is -3.62. The van der Waals surface area contributed by atoms with Crippen LogP contribution in [-0.2, 0) is 14.8 Å². The summed E-state index contributed by atoms with van der Waals surface area (Å²) in [6.07, 6.45) is 4.05. The maximum absolute atomic E-state index is 13.2. The first kappa shape index (κ1) is 20.1. The minimum Gasteiger partial charge on any atom is -0.486 e. The van der Waals surface area contributed by atoms with Crippen molar-refractivity contribution in [1.29, 1.82) is 0 Å². The van der Waals surface area contributed by atoms with Crippen LogP contribution in [0.5, 0.6) is 11.5 Å². The summed E-state index contributed by atoms with van der Waals surface area (Å²) in [4.78, 5) is 17.3. The number of rotatable bonds is 5. The Hall–Kier alpha value is -1.84. The molecule has 0 radical (unpaired) electrons. The van der Waals surface area contributed by atoms with E-state index in [1.165, 1.54) is 12.8 Å². The van der Waals surface area contributed by atoms with Gasteiger partial charge >= 0.3 is 0 Å². The fourth-order valence-electron chi connectivity index (χ4n) is 4.65. The Kier molecular flexibility index (Phi) is 5.37. The summed E-state index contributed by atoms with van der Waals surface area (Å²) in [5, 5.41) is 0. The number of likely N-dealkylation sites (tertiary alicyclic amines) is 1. The standard InChI is InChI=1S/C21H29N3O5S/c25-21-18(6-9-23(21)15-16-2-3-16)22-7-1-8-24(11-10-22)30(26,27)17-4-5-19-20(14-17)29-13-12-28-19/h4-5,14,16,18H,1-3,6-13,15H2/t18-/m0/s1. The van der Waals surface area contributed by atoms with Crippen LogP contribution in [0.1, 0.15) is 25.7 Å². The first-order valence-electron chi connectivity index (χ1n) is 10.9. The molecule has 1 aromatic carbocycles. The van der Waals surface area contributed by atoms with E-state index in [1.807, 2.05) is 4.90 Å². The van der Waals surface area contributed by atoms with Gasteiger partial charge in [0.2, 0.25) is 15.9 Å². The van der Waals surface area contributed by atoms with Crippen molar-refractivity contribution in [1.82, 2.24) is 14.1 Å². The summed E-state index contributed by atoms with van der Waals surface area (Å²) in [6.45, 7) is 4.80. The number of carbonyl (C=O) groups is 1. The van der Waals surface area contributed by atoms with Gasteiger partial charge in [-0.3, -0.25) is 9.69 Å². The molecule has 30 heavy (non-hydrogen) atoms. The lowest BCUT2D eigenvalue weighted by Crippen LogP contribution is -2.44. The Morgan fingerprint density at radius 3 is 2.53 bits per heavy atom. The predicted octanol–water partition coefficient (Wildman–Crippen LogP) is 1.17. The lowest BCUT2D eigenvalue weighted by Gasteiger charge is -2.26. The van der Waals surface area contributed by atoms with Crippen molar-refractivity contribution < 1.29 is 22.7 Å². The molecule has 0 bridgehead atoms. The number of amides is 1. The molecule has 3 aliphatic heterocycles. The van der Waals surface area contributed by atoms with Crippen molar-refractivity contribution in [3.8, 4) is 11.5 Å². The van der Waals surface area contributed by atoms with E-state index >= 15 is 0 Å². The first-order chi connectivity index (χ1) is 14.5. The van der Waals surface area contributed by atoms with Crippen LogP contribution >= 0.6 is 0 Å². The van der Waals surface area contributed by atoms with E-state index in [9.17, 15) is 13.2 Å². The molecule has 3 fully saturated rings. The Labute approximate surface area is 177 Å². The summed E-state index contributed by atoms with van der Waals surface area (Å²) in [5.41, 5.74) is 0. The van der Waals surface area contributed by atoms with Gasteiger partial charge in [-0.05, 0) is 43.7 Å². The minimum absolute atomic E-state index is 0.0966. The van der Waals surface area contributed by atoms with Crippen LogP contribution < -0.4 is 9.47 Å². The third-order valence-corrected chi connectivity index (χ3v) is 8.42. The molecule has 3 heterocycles. The molecule has 5 rings (SSSR count). The molecule has 9 heteroatoms. The predicted molar refractivity (Wildman–Crippen MR) is 110 cm³/mol. The van der Waals surface area contributed by atoms with Gasteiger partial charge in [-0.2, -0.15) is 4.31 Å². The molecule has 1 amide bonds. The average molecular weight is 436 g/mol. The zero-order valence-electron chi connectivity index (χ0n) is 17.2. The Balaban J connectivity index is 1.25. The largest absolute Gasteiger partial charge is 0.486 e. The summed E-state index contributed by atoms with van der Waals surface area (Å²) < 4.78 is 39.1. The average Bonchev–Trinajstić information content (AvgIpc) is 3.54. The highest BCUT2D eigenvalue weighted by Gasteiger charge is 2.39. The highest BCUT2D eigenvalue weighted by Crippen LogP contribution is 2.34. The lowest BCUT2D eigenvalue weighted by molar-refractivity contribution is -0.132. The first-order valence-corrected chi connectivity index (χ1v) is 12.4. The molecule has 1 saturated carbocycles. The Bertz CT molecular complexity index is 917. The van der Waals surface area contributed by atoms with Crippen LogP contribution in [0.15, 0.2) is 23.1 Å². The van der Waals surface area contributed by atoms with Crippen LogP contribution in [-0.4, -0.2) is 87.0 Å². The van der Waals surface area contributed by atoms with E-state index in [0.717, 1.165) is 32.5 Å². The van der Waals surface area contributed by atoms with Gasteiger partial charge in [-0.1, -0.05) is 0 Å². The molecule has 0 aromatic heterocycles. The number of benzene rings is 1. The number of fused-ring (bicyclic) bond motifs is 1. The van der Waals surface area contributed by atoms with Gasteiger partial charge in [0.05, 0.1) is 10.9 Å². The van der Waals surface area contributed by atoms with Gasteiger partial charge in [0.15, 0.2) is 11.5 Å². The molecular weight excluding hydrogens is 406 g/mol. The molecule has 0 unspecified atom stereocenters. The number of nitrogens with zero attached hydrogens (tertiary/aromatic N) is 3. The van der Waals surface area contributed by atoms with Gasteiger partial charge in [0.1, 0.15) is 13.2 Å². The molecule has 2 saturated heterocycles. The maximum Gasteiger partial charge on any atom is 0.243 e. The van der Waals surface area contributed by atoms with Crippen molar-refractivity contribution >= 4 is 15.9 Å². The number of hydrogen-bond donors (Lipinski definition) is 0. The number of hydrogen-bond acceptors (Lipinski definition) is 6. The summed E-state index contributed by atoms with van der Waals surface area (Å²) >= 11 is 0. The van der Waals surface area contributed by atoms with Crippen LogP contribution in [0.2, 0.25) is 0 Å². The monoisotopic (exact) mass is 435 g/mol. The van der Waals surface area contributed by atoms with E-state index < -0.39 is 10.0 Å². The van der Waals surface area contributed by atoms with Gasteiger partial charge in [0.25, 0.3) is 0 Å². The van der Waals surface area contributed by atoms with Crippen LogP contribution in [0, 0.1) is 5.92 Å². The highest BCUT2D eigenvalue weighted by atomic mass is 32.2. The van der Waals surface area contributed by atoms with Crippen LogP contribution in [0.25, 0.3) is 0 Å². The van der Waals surface area contributed by atoms with E-state index in [-0.39, 0.29) is 16.8 Å². The number of sulfonamides is 1. The fraction of sp³-hybridized carbons (Fsp3) is 0.667. The van der Waals surface area contributed by atoms with Gasteiger partial charge in [-0.25, -0.2) is 8.42 Å². The van der Waals surface area contributed by atoms with Crippen molar-refractivity contribution in [3.05, 3.63) is 18.2 Å². The number of carbonyl (C=O) groups excluding carboxylic acids is 1. The van der Waals surface area contributed by atoms with E-state index in [0.29, 0.717) is 50.3 Å². The molecule has 8 nitrogen and oxygen atoms in total. The van der Waals surface area contributed by atoms with Crippen molar-refractivity contribution in [2.24, 2.45) is 5.92 Å². The van der Waals surface area contributed by atoms with Crippen molar-refractivity contribution in [3.63, 3.8) is 0 Å². The quantitative estimate of drug-likeness (QED) is 0.691. The van der Waals surface area contributed by atoms with Crippen molar-refractivity contribution in [2.75, 3.05) is 52.5 Å². The highest BCUT2D eigenvalue weighted by molar-refractivity contribution is 7.89. The fourth-order valence-corrected chi connectivity index (χ4v) is 6.14. The topological polar surface area (TPSA) is 79.4 Å². The zero-order valence-corrected chi connectivity index (χ0v) is 18.0. The minimum atomic E-state index is -3.62. The van der Waals surface area contributed by atoms with Gasteiger partial charge in [-0.15, -0.1) is 0 Å². The molecule has 164 valence electrons. The maximum atomic E-state index is 13.2. The molecule has 1 aromatic rings. The molecule has 4 aliphatic rings. The van der Waals surface area contributed by atoms with Gasteiger partial charge < -0.3 is 14.4 Å². The molecular formula is C21H29N3O5S. The Morgan fingerprint density at radius 1 is 0.933 bits per heavy atom. The molecule has 1 aliphatic carbocycles. The second-order valence-corrected chi connectivity index (χ2v) is 10.6. The zero-order chi connectivity index (χ0) is 20.7. The van der Waals surface area contributed by atoms with E-state index in [1.54, 1.807) is 22.5 Å². The molecule has 0 N–H and O–H groups in total. The second-order valence-electron chi connectivity index (χ2n) is 8.63. The third kappa shape index (κ3) is 3.90. The van der Waals surface area contributed by atoms with E-state index in [2.05, 4.69) is 4.90 Å². The van der Waals surface area contributed by atoms with Gasteiger partial charge in [0, 0.05) is 45.3 Å². The number of ether oxygens (including phenoxy) is 2. The Morgan fingerprint density at radius 2 is 1.73 bits per heavy atom. The van der Waals surface area contributed by atoms with E-state index in [4.69, 9.17) is 9.47 Å². The smallest absolute Gasteiger partial charge is 0.243 e. The molecule has 0 spiro atoms. The second kappa shape index (κ2) is 8.01. The molecule has 1 atom stereocenters. The normalized spacial score (nSPS) is 26.1. The SMILES string of the molecule is O=C1[C@@H](N2CCCN(S(=O)(=O)c3ccc4c(c3)OCCO4)CC2)CCN1CC1CC1. The van der Waals surface area contributed by atoms with Crippen LogP contribution in [0.3, 0.4) is 0 Å². The van der Waals surface area contributed by atoms with Crippen LogP contribution in [0.4, 0.5) is 0 Å².